The van der Waals surface area contributed by atoms with Crippen LogP contribution in [0, 0.1) is 5.21 Å². The lowest BCUT2D eigenvalue weighted by Crippen LogP contribution is -2.29. The van der Waals surface area contributed by atoms with Gasteiger partial charge >= 0.3 is 11.8 Å². The van der Waals surface area contributed by atoms with E-state index >= 15 is 0 Å². The van der Waals surface area contributed by atoms with Gasteiger partial charge in [0.05, 0.1) is 31.2 Å². The Hall–Kier alpha value is -2.30. The van der Waals surface area contributed by atoms with Crippen molar-refractivity contribution in [2.45, 2.75) is 0 Å². The van der Waals surface area contributed by atoms with E-state index in [1.165, 1.54) is 20.3 Å². The van der Waals surface area contributed by atoms with Crippen LogP contribution in [0.2, 0.25) is 0 Å². The van der Waals surface area contributed by atoms with Crippen LogP contribution in [0.5, 0.6) is 5.88 Å². The Morgan fingerprint density at radius 1 is 1.24 bits per heavy atom. The zero-order valence-electron chi connectivity index (χ0n) is 9.47. The lowest BCUT2D eigenvalue weighted by atomic mass is 10.1. The smallest absolute Gasteiger partial charge is 0.379 e. The van der Waals surface area contributed by atoms with Crippen molar-refractivity contribution in [3.63, 3.8) is 0 Å². The Labute approximate surface area is 97.8 Å². The average molecular weight is 233 g/mol. The summed E-state index contributed by atoms with van der Waals surface area (Å²) in [5.41, 5.74) is 0.726. The van der Waals surface area contributed by atoms with Gasteiger partial charge in [-0.3, -0.25) is 0 Å². The van der Waals surface area contributed by atoms with Crippen LogP contribution in [0.1, 0.15) is 10.4 Å². The second kappa shape index (κ2) is 4.29. The number of hydrogen-bond donors (Lipinski definition) is 0. The minimum Gasteiger partial charge on any atom is -0.616 e. The minimum atomic E-state index is -0.472. The highest BCUT2D eigenvalue weighted by molar-refractivity contribution is 6.02. The fourth-order valence-corrected chi connectivity index (χ4v) is 1.69. The first-order valence-corrected chi connectivity index (χ1v) is 4.96. The van der Waals surface area contributed by atoms with Crippen molar-refractivity contribution in [2.75, 3.05) is 14.2 Å². The summed E-state index contributed by atoms with van der Waals surface area (Å²) in [5, 5.41) is 12.4. The number of nitrogens with zero attached hydrogens (tertiary/aromatic N) is 1. The van der Waals surface area contributed by atoms with E-state index in [1.807, 2.05) is 0 Å². The molecule has 0 bridgehead atoms. The molecule has 0 saturated carbocycles. The van der Waals surface area contributed by atoms with Crippen molar-refractivity contribution in [3.8, 4) is 5.88 Å². The molecule has 0 aliphatic carbocycles. The fraction of sp³-hybridized carbons (Fsp3) is 0.167. The molecule has 2 aromatic rings. The second-order valence-electron chi connectivity index (χ2n) is 3.40. The highest BCUT2D eigenvalue weighted by Gasteiger charge is 2.16. The van der Waals surface area contributed by atoms with Gasteiger partial charge in [0.15, 0.2) is 0 Å². The van der Waals surface area contributed by atoms with Crippen LogP contribution in [0.4, 0.5) is 0 Å². The molecule has 0 atom stereocenters. The monoisotopic (exact) mass is 233 g/mol. The van der Waals surface area contributed by atoms with E-state index in [0.29, 0.717) is 21.2 Å². The molecule has 0 fully saturated rings. The number of benzene rings is 1. The van der Waals surface area contributed by atoms with Crippen LogP contribution in [-0.4, -0.2) is 20.2 Å². The van der Waals surface area contributed by atoms with Gasteiger partial charge in [-0.2, -0.15) is 0 Å². The first kappa shape index (κ1) is 11.2. The number of esters is 1. The lowest BCUT2D eigenvalue weighted by molar-refractivity contribution is -0.584. The Kier molecular flexibility index (Phi) is 2.82. The van der Waals surface area contributed by atoms with E-state index < -0.39 is 5.97 Å². The van der Waals surface area contributed by atoms with E-state index in [-0.39, 0.29) is 5.88 Å². The maximum Gasteiger partial charge on any atom is 0.379 e. The second-order valence-corrected chi connectivity index (χ2v) is 3.40. The molecule has 0 N–H and O–H groups in total. The van der Waals surface area contributed by atoms with Gasteiger partial charge in [0, 0.05) is 6.07 Å². The summed E-state index contributed by atoms with van der Waals surface area (Å²) < 4.78 is 10.2. The van der Waals surface area contributed by atoms with E-state index in [2.05, 4.69) is 4.74 Å². The molecule has 0 amide bonds. The third-order valence-electron chi connectivity index (χ3n) is 2.51. The number of carbonyl (C=O) groups is 1. The first-order chi connectivity index (χ1) is 8.19. The number of hydrogen-bond acceptors (Lipinski definition) is 4. The van der Waals surface area contributed by atoms with Gasteiger partial charge < -0.3 is 14.7 Å². The molecule has 1 aromatic heterocycles. The standard InChI is InChI=1S/C12H11NO4/c1-16-11-7-6-8-9(12(14)17-2)4-3-5-10(8)13(11)15/h3-7H,1-2H3. The molecular weight excluding hydrogens is 222 g/mol. The van der Waals surface area contributed by atoms with Gasteiger partial charge in [0.2, 0.25) is 5.52 Å². The van der Waals surface area contributed by atoms with Crippen molar-refractivity contribution in [3.05, 3.63) is 41.1 Å². The van der Waals surface area contributed by atoms with E-state index in [1.54, 1.807) is 24.3 Å². The molecule has 5 nitrogen and oxygen atoms in total. The first-order valence-electron chi connectivity index (χ1n) is 4.96. The highest BCUT2D eigenvalue weighted by atomic mass is 16.5. The lowest BCUT2D eigenvalue weighted by Gasteiger charge is -2.07. The van der Waals surface area contributed by atoms with Gasteiger partial charge in [0.1, 0.15) is 0 Å². The summed E-state index contributed by atoms with van der Waals surface area (Å²) in [6.45, 7) is 0. The summed E-state index contributed by atoms with van der Waals surface area (Å²) in [7, 11) is 2.72. The molecule has 0 radical (unpaired) electrons. The molecule has 88 valence electrons. The number of rotatable bonds is 2. The molecule has 17 heavy (non-hydrogen) atoms. The quantitative estimate of drug-likeness (QED) is 0.445. The van der Waals surface area contributed by atoms with Crippen LogP contribution in [-0.2, 0) is 4.74 Å². The summed E-state index contributed by atoms with van der Waals surface area (Å²) in [5.74, 6) is -0.291. The highest BCUT2D eigenvalue weighted by Crippen LogP contribution is 2.19. The largest absolute Gasteiger partial charge is 0.616 e. The zero-order valence-corrected chi connectivity index (χ0v) is 9.47. The van der Waals surface area contributed by atoms with E-state index in [4.69, 9.17) is 4.74 Å². The van der Waals surface area contributed by atoms with Crippen LogP contribution >= 0.6 is 0 Å². The maximum absolute atomic E-state index is 11.9. The molecule has 0 saturated heterocycles. The van der Waals surface area contributed by atoms with Crippen molar-refractivity contribution in [2.24, 2.45) is 0 Å². The predicted molar refractivity (Wildman–Crippen MR) is 60.8 cm³/mol. The Bertz CT molecular complexity index is 580. The summed E-state index contributed by atoms with van der Waals surface area (Å²) in [6.07, 6.45) is 0. The Balaban J connectivity index is 2.75. The van der Waals surface area contributed by atoms with Gasteiger partial charge in [0.25, 0.3) is 0 Å². The molecule has 1 heterocycles. The van der Waals surface area contributed by atoms with E-state index in [9.17, 15) is 10.0 Å². The number of aromatic nitrogens is 1. The third-order valence-corrected chi connectivity index (χ3v) is 2.51. The Morgan fingerprint density at radius 3 is 2.65 bits per heavy atom. The SMILES string of the molecule is COC(=O)c1cccc2c1ccc(OC)[n+]2[O-]. The van der Waals surface area contributed by atoms with Crippen LogP contribution in [0.3, 0.4) is 0 Å². The molecular formula is C12H11NO4. The molecule has 1 aromatic carbocycles. The number of carbonyl (C=O) groups excluding carboxylic acids is 1. The fourth-order valence-electron chi connectivity index (χ4n) is 1.69. The van der Waals surface area contributed by atoms with Crippen LogP contribution in [0.15, 0.2) is 30.3 Å². The van der Waals surface area contributed by atoms with Gasteiger partial charge in [-0.15, -0.1) is 4.73 Å². The average Bonchev–Trinajstić information content (AvgIpc) is 2.38. The van der Waals surface area contributed by atoms with Crippen LogP contribution < -0.4 is 9.47 Å². The molecule has 0 unspecified atom stereocenters. The molecule has 0 spiro atoms. The Morgan fingerprint density at radius 2 is 2.00 bits per heavy atom. The van der Waals surface area contributed by atoms with Crippen molar-refractivity contribution in [1.82, 2.24) is 0 Å². The number of methoxy groups -OCH3 is 2. The summed E-state index contributed by atoms with van der Waals surface area (Å²) >= 11 is 0. The van der Waals surface area contributed by atoms with E-state index in [0.717, 1.165) is 0 Å². The molecule has 0 aliphatic rings. The van der Waals surface area contributed by atoms with Gasteiger partial charge in [-0.25, -0.2) is 4.79 Å². The number of ether oxygens (including phenoxy) is 2. The third kappa shape index (κ3) is 1.75. The van der Waals surface area contributed by atoms with Crippen molar-refractivity contribution < 1.29 is 19.0 Å². The van der Waals surface area contributed by atoms with Crippen molar-refractivity contribution in [1.29, 1.82) is 0 Å². The minimum absolute atomic E-state index is 0.180. The maximum atomic E-state index is 11.9. The van der Waals surface area contributed by atoms with Gasteiger partial charge in [-0.05, 0) is 12.1 Å². The predicted octanol–water partition coefficient (Wildman–Crippen LogP) is 1.27. The summed E-state index contributed by atoms with van der Waals surface area (Å²) in [4.78, 5) is 11.5. The molecule has 5 heteroatoms. The zero-order chi connectivity index (χ0) is 12.4. The summed E-state index contributed by atoms with van der Waals surface area (Å²) in [6, 6.07) is 8.04. The van der Waals surface area contributed by atoms with Crippen LogP contribution in [0.25, 0.3) is 10.9 Å². The number of pyridine rings is 1. The van der Waals surface area contributed by atoms with Crippen molar-refractivity contribution >= 4 is 16.9 Å². The topological polar surface area (TPSA) is 62.5 Å². The molecule has 2 rings (SSSR count). The van der Waals surface area contributed by atoms with Gasteiger partial charge in [-0.1, -0.05) is 6.07 Å². The number of fused-ring (bicyclic) bond motifs is 1. The normalized spacial score (nSPS) is 10.2. The molecule has 0 aliphatic heterocycles.